The van der Waals surface area contributed by atoms with Crippen LogP contribution in [0.4, 0.5) is 4.79 Å². The lowest BCUT2D eigenvalue weighted by atomic mass is 9.77. The second-order valence-corrected chi connectivity index (χ2v) is 9.97. The zero-order valence-electron chi connectivity index (χ0n) is 16.6. The molecule has 1 spiro atoms. The number of nitrogens with zero attached hydrogens (tertiary/aromatic N) is 2. The molecule has 1 saturated heterocycles. The maximum Gasteiger partial charge on any atom is 0.410 e. The molecule has 0 N–H and O–H groups in total. The number of aromatic nitrogens is 1. The smallest absolute Gasteiger partial charge is 0.410 e. The average molecular weight is 344 g/mol. The summed E-state index contributed by atoms with van der Waals surface area (Å²) in [4.78, 5) is 19.0. The standard InChI is InChI=1S/C21H32N2O2/c1-19(2,3)17-9-7-8-16(22-17)15-10-11-21(12-15)13-23(14-21)18(24)25-20(4,5)6/h7-9,15H,10-14H2,1-6H3/t15-/m1/s1. The number of carbonyl (C=O) groups excluding carboxylic acids is 1. The van der Waals surface area contributed by atoms with E-state index in [1.807, 2.05) is 25.7 Å². The third-order valence-electron chi connectivity index (χ3n) is 5.36. The van der Waals surface area contributed by atoms with Crippen molar-refractivity contribution in [3.05, 3.63) is 29.6 Å². The molecule has 3 rings (SSSR count). The monoisotopic (exact) mass is 344 g/mol. The number of carbonyl (C=O) groups is 1. The first-order valence-electron chi connectivity index (χ1n) is 9.43. The minimum atomic E-state index is -0.421. The Labute approximate surface area is 152 Å². The van der Waals surface area contributed by atoms with Crippen LogP contribution in [0.2, 0.25) is 0 Å². The fourth-order valence-corrected chi connectivity index (χ4v) is 4.06. The third-order valence-corrected chi connectivity index (χ3v) is 5.36. The van der Waals surface area contributed by atoms with E-state index in [0.717, 1.165) is 25.2 Å². The number of hydrogen-bond donors (Lipinski definition) is 0. The molecule has 1 atom stereocenters. The second kappa shape index (κ2) is 6.00. The highest BCUT2D eigenvalue weighted by molar-refractivity contribution is 5.69. The summed E-state index contributed by atoms with van der Waals surface area (Å²) in [6, 6.07) is 6.44. The first-order valence-corrected chi connectivity index (χ1v) is 9.43. The third kappa shape index (κ3) is 3.99. The first-order chi connectivity index (χ1) is 11.5. The van der Waals surface area contributed by atoms with Crippen molar-refractivity contribution < 1.29 is 9.53 Å². The Bertz CT molecular complexity index is 649. The van der Waals surface area contributed by atoms with Crippen LogP contribution in [0.3, 0.4) is 0 Å². The van der Waals surface area contributed by atoms with Crippen LogP contribution in [0.1, 0.15) is 78.1 Å². The van der Waals surface area contributed by atoms with Crippen molar-refractivity contribution in [2.24, 2.45) is 5.41 Å². The maximum atomic E-state index is 12.2. The minimum absolute atomic E-state index is 0.0796. The van der Waals surface area contributed by atoms with E-state index in [0.29, 0.717) is 5.92 Å². The largest absolute Gasteiger partial charge is 0.444 e. The SMILES string of the molecule is CC(C)(C)OC(=O)N1CC2(CC[C@@H](c3cccc(C(C)(C)C)n3)C2)C1. The molecule has 1 aromatic heterocycles. The topological polar surface area (TPSA) is 42.4 Å². The lowest BCUT2D eigenvalue weighted by Gasteiger charge is -2.48. The van der Waals surface area contributed by atoms with Crippen molar-refractivity contribution in [2.75, 3.05) is 13.1 Å². The van der Waals surface area contributed by atoms with Gasteiger partial charge in [0.2, 0.25) is 0 Å². The minimum Gasteiger partial charge on any atom is -0.444 e. The molecule has 1 aliphatic carbocycles. The molecule has 2 aliphatic rings. The van der Waals surface area contributed by atoms with Crippen LogP contribution in [0.25, 0.3) is 0 Å². The molecule has 0 unspecified atom stereocenters. The summed E-state index contributed by atoms with van der Waals surface area (Å²) in [7, 11) is 0. The van der Waals surface area contributed by atoms with E-state index in [4.69, 9.17) is 9.72 Å². The van der Waals surface area contributed by atoms with E-state index < -0.39 is 5.60 Å². The Morgan fingerprint density at radius 3 is 2.48 bits per heavy atom. The molecule has 4 heteroatoms. The number of rotatable bonds is 1. The summed E-state index contributed by atoms with van der Waals surface area (Å²) in [5.74, 6) is 0.517. The number of amides is 1. The van der Waals surface area contributed by atoms with E-state index in [1.54, 1.807) is 0 Å². The molecule has 0 aromatic carbocycles. The highest BCUT2D eigenvalue weighted by Gasteiger charge is 2.51. The molecular weight excluding hydrogens is 312 g/mol. The summed E-state index contributed by atoms with van der Waals surface area (Å²) in [5, 5.41) is 0. The zero-order chi connectivity index (χ0) is 18.5. The van der Waals surface area contributed by atoms with Crippen LogP contribution < -0.4 is 0 Å². The second-order valence-electron chi connectivity index (χ2n) is 9.97. The number of pyridine rings is 1. The maximum absolute atomic E-state index is 12.2. The van der Waals surface area contributed by atoms with E-state index in [2.05, 4.69) is 39.0 Å². The van der Waals surface area contributed by atoms with Crippen molar-refractivity contribution >= 4 is 6.09 Å². The quantitative estimate of drug-likeness (QED) is 0.729. The predicted molar refractivity (Wildman–Crippen MR) is 99.8 cm³/mol. The van der Waals surface area contributed by atoms with Crippen molar-refractivity contribution in [2.45, 2.75) is 77.7 Å². The van der Waals surface area contributed by atoms with Crippen molar-refractivity contribution in [3.8, 4) is 0 Å². The van der Waals surface area contributed by atoms with E-state index in [9.17, 15) is 4.79 Å². The molecule has 1 aliphatic heterocycles. The van der Waals surface area contributed by atoms with Gasteiger partial charge in [-0.25, -0.2) is 4.79 Å². The van der Waals surface area contributed by atoms with Crippen LogP contribution in [-0.4, -0.2) is 34.7 Å². The molecule has 1 aromatic rings. The summed E-state index contributed by atoms with van der Waals surface area (Å²) < 4.78 is 5.48. The Hall–Kier alpha value is -1.58. The average Bonchev–Trinajstić information content (AvgIpc) is 2.88. The highest BCUT2D eigenvalue weighted by atomic mass is 16.6. The van der Waals surface area contributed by atoms with Gasteiger partial charge in [-0.3, -0.25) is 4.98 Å². The van der Waals surface area contributed by atoms with Gasteiger partial charge >= 0.3 is 6.09 Å². The van der Waals surface area contributed by atoms with Crippen LogP contribution in [0.15, 0.2) is 18.2 Å². The molecule has 4 nitrogen and oxygen atoms in total. The van der Waals surface area contributed by atoms with Gasteiger partial charge in [0, 0.05) is 41.2 Å². The lowest BCUT2D eigenvalue weighted by Crippen LogP contribution is -2.58. The van der Waals surface area contributed by atoms with E-state index >= 15 is 0 Å². The van der Waals surface area contributed by atoms with Crippen molar-refractivity contribution in [1.82, 2.24) is 9.88 Å². The molecule has 1 amide bonds. The highest BCUT2D eigenvalue weighted by Crippen LogP contribution is 2.51. The van der Waals surface area contributed by atoms with Gasteiger partial charge in [0.15, 0.2) is 0 Å². The van der Waals surface area contributed by atoms with Gasteiger partial charge in [-0.1, -0.05) is 26.8 Å². The fourth-order valence-electron chi connectivity index (χ4n) is 4.06. The van der Waals surface area contributed by atoms with Gasteiger partial charge in [-0.2, -0.15) is 0 Å². The molecule has 2 fully saturated rings. The lowest BCUT2D eigenvalue weighted by molar-refractivity contribution is -0.0323. The summed E-state index contributed by atoms with van der Waals surface area (Å²) >= 11 is 0. The molecule has 0 bridgehead atoms. The van der Waals surface area contributed by atoms with Crippen LogP contribution in [-0.2, 0) is 10.2 Å². The van der Waals surface area contributed by atoms with E-state index in [1.165, 1.54) is 18.5 Å². The Kier molecular flexibility index (Phi) is 4.37. The van der Waals surface area contributed by atoms with Gasteiger partial charge < -0.3 is 9.64 Å². The van der Waals surface area contributed by atoms with Gasteiger partial charge in [0.05, 0.1) is 0 Å². The fraction of sp³-hybridized carbons (Fsp3) is 0.714. The van der Waals surface area contributed by atoms with Crippen LogP contribution in [0, 0.1) is 5.41 Å². The summed E-state index contributed by atoms with van der Waals surface area (Å²) in [6.07, 6.45) is 3.31. The van der Waals surface area contributed by atoms with Crippen LogP contribution in [0.5, 0.6) is 0 Å². The Balaban J connectivity index is 1.61. The molecular formula is C21H32N2O2. The van der Waals surface area contributed by atoms with Crippen molar-refractivity contribution in [3.63, 3.8) is 0 Å². The predicted octanol–water partition coefficient (Wildman–Crippen LogP) is 4.88. The molecule has 25 heavy (non-hydrogen) atoms. The molecule has 1 saturated carbocycles. The van der Waals surface area contributed by atoms with Gasteiger partial charge in [0.1, 0.15) is 5.60 Å². The number of hydrogen-bond acceptors (Lipinski definition) is 3. The van der Waals surface area contributed by atoms with Gasteiger partial charge in [-0.05, 0) is 52.2 Å². The van der Waals surface area contributed by atoms with Crippen molar-refractivity contribution in [1.29, 1.82) is 0 Å². The van der Waals surface area contributed by atoms with Crippen LogP contribution >= 0.6 is 0 Å². The Morgan fingerprint density at radius 1 is 1.20 bits per heavy atom. The molecule has 0 radical (unpaired) electrons. The normalized spacial score (nSPS) is 22.8. The van der Waals surface area contributed by atoms with E-state index in [-0.39, 0.29) is 16.9 Å². The number of likely N-dealkylation sites (tertiary alicyclic amines) is 1. The first kappa shape index (κ1) is 18.2. The Morgan fingerprint density at radius 2 is 1.88 bits per heavy atom. The molecule has 138 valence electrons. The summed E-state index contributed by atoms with van der Waals surface area (Å²) in [5.41, 5.74) is 2.32. The zero-order valence-corrected chi connectivity index (χ0v) is 16.6. The van der Waals surface area contributed by atoms with Gasteiger partial charge in [0.25, 0.3) is 0 Å². The molecule has 2 heterocycles. The number of ether oxygens (including phenoxy) is 1. The summed E-state index contributed by atoms with van der Waals surface area (Å²) in [6.45, 7) is 14.0. The van der Waals surface area contributed by atoms with Gasteiger partial charge in [-0.15, -0.1) is 0 Å².